The van der Waals surface area contributed by atoms with Gasteiger partial charge in [-0.25, -0.2) is 4.79 Å². The van der Waals surface area contributed by atoms with E-state index in [2.05, 4.69) is 11.8 Å². The first-order valence-corrected chi connectivity index (χ1v) is 7.93. The second-order valence-corrected chi connectivity index (χ2v) is 5.25. The number of aryl methyl sites for hydroxylation is 1. The Morgan fingerprint density at radius 3 is 2.50 bits per heavy atom. The van der Waals surface area contributed by atoms with Crippen LogP contribution in [0.5, 0.6) is 11.5 Å². The number of rotatable bonds is 7. The maximum absolute atomic E-state index is 11.7. The lowest BCUT2D eigenvalue weighted by Crippen LogP contribution is -2.29. The number of nitrogens with zero attached hydrogens (tertiary/aromatic N) is 1. The van der Waals surface area contributed by atoms with Crippen molar-refractivity contribution in [2.45, 2.75) is 13.8 Å². The molecule has 0 saturated carbocycles. The van der Waals surface area contributed by atoms with Gasteiger partial charge in [-0.05, 0) is 37.6 Å². The van der Waals surface area contributed by atoms with Crippen molar-refractivity contribution in [3.63, 3.8) is 0 Å². The highest BCUT2D eigenvalue weighted by Crippen LogP contribution is 2.25. The van der Waals surface area contributed by atoms with E-state index in [1.165, 1.54) is 0 Å². The van der Waals surface area contributed by atoms with Crippen molar-refractivity contribution >= 4 is 11.8 Å². The van der Waals surface area contributed by atoms with E-state index in [-0.39, 0.29) is 6.61 Å². The van der Waals surface area contributed by atoms with Crippen LogP contribution in [-0.4, -0.2) is 33.0 Å². The summed E-state index contributed by atoms with van der Waals surface area (Å²) in [5.74, 6) is 1.27. The summed E-state index contributed by atoms with van der Waals surface area (Å²) in [7, 11) is 1.65. The molecule has 0 saturated heterocycles. The predicted molar refractivity (Wildman–Crippen MR) is 94.0 cm³/mol. The van der Waals surface area contributed by atoms with Crippen LogP contribution in [0, 0.1) is 6.92 Å². The number of para-hydroxylation sites is 1. The van der Waals surface area contributed by atoms with Crippen LogP contribution in [-0.2, 0) is 4.74 Å². The third kappa shape index (κ3) is 4.91. The highest BCUT2D eigenvalue weighted by molar-refractivity contribution is 5.63. The van der Waals surface area contributed by atoms with Gasteiger partial charge in [0.2, 0.25) is 0 Å². The molecular weight excluding hydrogens is 306 g/mol. The first kappa shape index (κ1) is 17.7. The molecule has 2 aromatic carbocycles. The van der Waals surface area contributed by atoms with Gasteiger partial charge in [-0.2, -0.15) is 0 Å². The van der Waals surface area contributed by atoms with Crippen LogP contribution < -0.4 is 14.4 Å². The molecule has 0 bridgehead atoms. The molecule has 24 heavy (non-hydrogen) atoms. The number of carbonyl (C=O) groups is 1. The number of likely N-dealkylation sites (N-methyl/N-ethyl adjacent to an activating group) is 1. The van der Waals surface area contributed by atoms with Gasteiger partial charge in [0.05, 0.1) is 13.7 Å². The Morgan fingerprint density at radius 2 is 1.83 bits per heavy atom. The predicted octanol–water partition coefficient (Wildman–Crippen LogP) is 4.05. The molecule has 2 rings (SSSR count). The SMILES string of the molecule is CCN(CCOC(=O)Oc1ccccc1)c1cc(OC)ccc1C. The highest BCUT2D eigenvalue weighted by Gasteiger charge is 2.11. The molecule has 0 N–H and O–H groups in total. The van der Waals surface area contributed by atoms with Crippen molar-refractivity contribution in [1.82, 2.24) is 0 Å². The summed E-state index contributed by atoms with van der Waals surface area (Å²) in [5.41, 5.74) is 2.21. The van der Waals surface area contributed by atoms with Gasteiger partial charge >= 0.3 is 6.16 Å². The van der Waals surface area contributed by atoms with E-state index in [4.69, 9.17) is 14.2 Å². The average molecular weight is 329 g/mol. The van der Waals surface area contributed by atoms with Crippen molar-refractivity contribution in [1.29, 1.82) is 0 Å². The smallest absolute Gasteiger partial charge is 0.497 e. The second-order valence-electron chi connectivity index (χ2n) is 5.25. The summed E-state index contributed by atoms with van der Waals surface area (Å²) in [4.78, 5) is 13.8. The normalized spacial score (nSPS) is 10.1. The van der Waals surface area contributed by atoms with E-state index < -0.39 is 6.16 Å². The third-order valence-corrected chi connectivity index (χ3v) is 3.66. The number of anilines is 1. The van der Waals surface area contributed by atoms with Crippen LogP contribution in [0.2, 0.25) is 0 Å². The Labute approximate surface area is 142 Å². The van der Waals surface area contributed by atoms with Gasteiger partial charge in [0.15, 0.2) is 0 Å². The maximum Gasteiger partial charge on any atom is 0.513 e. The molecule has 5 nitrogen and oxygen atoms in total. The van der Waals surface area contributed by atoms with Gasteiger partial charge in [0, 0.05) is 18.3 Å². The number of hydrogen-bond donors (Lipinski definition) is 0. The van der Waals surface area contributed by atoms with Gasteiger partial charge in [0.25, 0.3) is 0 Å². The lowest BCUT2D eigenvalue weighted by molar-refractivity contribution is 0.101. The van der Waals surface area contributed by atoms with E-state index in [1.807, 2.05) is 31.2 Å². The summed E-state index contributed by atoms with van der Waals surface area (Å²) in [6, 6.07) is 14.8. The van der Waals surface area contributed by atoms with Gasteiger partial charge in [-0.1, -0.05) is 24.3 Å². The van der Waals surface area contributed by atoms with Crippen molar-refractivity contribution in [3.05, 3.63) is 54.1 Å². The Kier molecular flexibility index (Phi) is 6.49. The maximum atomic E-state index is 11.7. The number of benzene rings is 2. The zero-order valence-electron chi connectivity index (χ0n) is 14.3. The second kappa shape index (κ2) is 8.82. The minimum atomic E-state index is -0.695. The summed E-state index contributed by atoms with van der Waals surface area (Å²) in [6.45, 7) is 5.72. The van der Waals surface area contributed by atoms with Crippen molar-refractivity contribution in [3.8, 4) is 11.5 Å². The molecule has 2 aromatic rings. The first-order chi connectivity index (χ1) is 11.6. The summed E-state index contributed by atoms with van der Waals surface area (Å²) in [5, 5.41) is 0. The summed E-state index contributed by atoms with van der Waals surface area (Å²) in [6.07, 6.45) is -0.695. The molecule has 0 aliphatic carbocycles. The molecule has 0 aromatic heterocycles. The zero-order valence-corrected chi connectivity index (χ0v) is 14.3. The number of hydrogen-bond acceptors (Lipinski definition) is 5. The van der Waals surface area contributed by atoms with E-state index >= 15 is 0 Å². The quantitative estimate of drug-likeness (QED) is 0.566. The topological polar surface area (TPSA) is 48.0 Å². The fraction of sp³-hybridized carbons (Fsp3) is 0.316. The van der Waals surface area contributed by atoms with Crippen LogP contribution in [0.15, 0.2) is 48.5 Å². The average Bonchev–Trinajstić information content (AvgIpc) is 2.60. The van der Waals surface area contributed by atoms with Crippen LogP contribution in [0.25, 0.3) is 0 Å². The van der Waals surface area contributed by atoms with Gasteiger partial charge < -0.3 is 19.1 Å². The number of carbonyl (C=O) groups excluding carboxylic acids is 1. The number of methoxy groups -OCH3 is 1. The highest BCUT2D eigenvalue weighted by atomic mass is 16.7. The lowest BCUT2D eigenvalue weighted by Gasteiger charge is -2.25. The fourth-order valence-electron chi connectivity index (χ4n) is 2.36. The lowest BCUT2D eigenvalue weighted by atomic mass is 10.1. The summed E-state index contributed by atoms with van der Waals surface area (Å²) >= 11 is 0. The molecule has 0 heterocycles. The minimum Gasteiger partial charge on any atom is -0.497 e. The van der Waals surface area contributed by atoms with Crippen LogP contribution >= 0.6 is 0 Å². The molecule has 0 aliphatic heterocycles. The van der Waals surface area contributed by atoms with Crippen LogP contribution in [0.4, 0.5) is 10.5 Å². The molecule has 0 radical (unpaired) electrons. The minimum absolute atomic E-state index is 0.246. The standard InChI is InChI=1S/C19H23NO4/c1-4-20(18-14-17(22-3)11-10-15(18)2)12-13-23-19(21)24-16-8-6-5-7-9-16/h5-11,14H,4,12-13H2,1-3H3. The van der Waals surface area contributed by atoms with Gasteiger partial charge in [-0.3, -0.25) is 0 Å². The van der Waals surface area contributed by atoms with Crippen molar-refractivity contribution in [2.75, 3.05) is 31.7 Å². The van der Waals surface area contributed by atoms with E-state index in [0.717, 1.165) is 23.5 Å². The molecule has 0 atom stereocenters. The molecule has 0 aliphatic rings. The summed E-state index contributed by atoms with van der Waals surface area (Å²) < 4.78 is 15.5. The van der Waals surface area contributed by atoms with Crippen LogP contribution in [0.3, 0.4) is 0 Å². The van der Waals surface area contributed by atoms with Crippen molar-refractivity contribution in [2.24, 2.45) is 0 Å². The Bertz CT molecular complexity index is 658. The third-order valence-electron chi connectivity index (χ3n) is 3.66. The first-order valence-electron chi connectivity index (χ1n) is 7.93. The Hall–Kier alpha value is -2.69. The monoisotopic (exact) mass is 329 g/mol. The molecule has 5 heteroatoms. The molecule has 0 amide bonds. The molecule has 0 fully saturated rings. The van der Waals surface area contributed by atoms with E-state index in [0.29, 0.717) is 12.3 Å². The molecular formula is C19H23NO4. The largest absolute Gasteiger partial charge is 0.513 e. The number of ether oxygens (including phenoxy) is 3. The van der Waals surface area contributed by atoms with Crippen LogP contribution in [0.1, 0.15) is 12.5 Å². The van der Waals surface area contributed by atoms with Gasteiger partial charge in [-0.15, -0.1) is 0 Å². The van der Waals surface area contributed by atoms with E-state index in [9.17, 15) is 4.79 Å². The Balaban J connectivity index is 1.88. The Morgan fingerprint density at radius 1 is 1.08 bits per heavy atom. The van der Waals surface area contributed by atoms with Crippen molar-refractivity contribution < 1.29 is 19.0 Å². The molecule has 0 spiro atoms. The van der Waals surface area contributed by atoms with E-state index in [1.54, 1.807) is 31.4 Å². The van der Waals surface area contributed by atoms with Gasteiger partial charge in [0.1, 0.15) is 18.1 Å². The fourth-order valence-corrected chi connectivity index (χ4v) is 2.36. The zero-order chi connectivity index (χ0) is 17.4. The molecule has 128 valence electrons. The molecule has 0 unspecified atom stereocenters.